The number of allylic oxidation sites excluding steroid dienone is 1. The van der Waals surface area contributed by atoms with Gasteiger partial charge in [-0.15, -0.1) is 0 Å². The third-order valence-corrected chi connectivity index (χ3v) is 5.29. The van der Waals surface area contributed by atoms with Gasteiger partial charge in [0.15, 0.2) is 5.82 Å². The Morgan fingerprint density at radius 3 is 2.75 bits per heavy atom. The van der Waals surface area contributed by atoms with E-state index in [0.29, 0.717) is 36.2 Å². The minimum atomic E-state index is 0.375. The molecular formula is C24H30N6O2. The van der Waals surface area contributed by atoms with Crippen LogP contribution in [0, 0.1) is 17.2 Å². The fourth-order valence-corrected chi connectivity index (χ4v) is 3.34. The Morgan fingerprint density at radius 1 is 1.28 bits per heavy atom. The van der Waals surface area contributed by atoms with E-state index in [-0.39, 0.29) is 0 Å². The topological polar surface area (TPSA) is 110 Å². The van der Waals surface area contributed by atoms with Crippen molar-refractivity contribution >= 4 is 5.84 Å². The summed E-state index contributed by atoms with van der Waals surface area (Å²) in [6.45, 7) is 4.67. The summed E-state index contributed by atoms with van der Waals surface area (Å²) in [5.41, 5.74) is 7.74. The summed E-state index contributed by atoms with van der Waals surface area (Å²) in [6, 6.07) is 7.46. The molecule has 1 aliphatic heterocycles. The Bertz CT molecular complexity index is 1010. The fourth-order valence-electron chi connectivity index (χ4n) is 3.34. The van der Waals surface area contributed by atoms with Gasteiger partial charge in [-0.3, -0.25) is 4.99 Å². The highest BCUT2D eigenvalue weighted by molar-refractivity contribution is 5.93. The first-order valence-corrected chi connectivity index (χ1v) is 10.7. The van der Waals surface area contributed by atoms with E-state index in [1.165, 1.54) is 0 Å². The monoisotopic (exact) mass is 434 g/mol. The second-order valence-corrected chi connectivity index (χ2v) is 7.91. The zero-order valence-electron chi connectivity index (χ0n) is 18.9. The maximum absolute atomic E-state index is 9.42. The van der Waals surface area contributed by atoms with Gasteiger partial charge < -0.3 is 20.1 Å². The Morgan fingerprint density at radius 2 is 2.06 bits per heavy atom. The number of aliphatic imine (C=N–C) groups is 1. The zero-order valence-corrected chi connectivity index (χ0v) is 18.9. The van der Waals surface area contributed by atoms with Gasteiger partial charge in [0, 0.05) is 64.2 Å². The lowest BCUT2D eigenvalue weighted by Crippen LogP contribution is -2.30. The first-order valence-electron chi connectivity index (χ1n) is 10.7. The molecule has 0 saturated heterocycles. The van der Waals surface area contributed by atoms with E-state index >= 15 is 0 Å². The molecule has 0 spiro atoms. The van der Waals surface area contributed by atoms with Gasteiger partial charge in [0.1, 0.15) is 17.3 Å². The number of nitrogens with two attached hydrogens (primary N) is 1. The number of methoxy groups -OCH3 is 1. The number of nitriles is 1. The first kappa shape index (κ1) is 23.4. The molecule has 1 unspecified atom stereocenters. The predicted octanol–water partition coefficient (Wildman–Crippen LogP) is 3.14. The van der Waals surface area contributed by atoms with Crippen LogP contribution in [0.25, 0.3) is 11.4 Å². The highest BCUT2D eigenvalue weighted by Gasteiger charge is 2.18. The molecule has 2 heterocycles. The van der Waals surface area contributed by atoms with Crippen LogP contribution in [0.4, 0.5) is 0 Å². The van der Waals surface area contributed by atoms with Crippen molar-refractivity contribution < 1.29 is 9.47 Å². The lowest BCUT2D eigenvalue weighted by atomic mass is 10.0. The summed E-state index contributed by atoms with van der Waals surface area (Å²) in [6.07, 6.45) is 7.12. The molecule has 1 aromatic carbocycles. The smallest absolute Gasteiger partial charge is 0.162 e. The molecule has 8 heteroatoms. The average molecular weight is 435 g/mol. The van der Waals surface area contributed by atoms with Gasteiger partial charge in [-0.05, 0) is 30.5 Å². The number of hydrogen-bond donors (Lipinski definition) is 1. The van der Waals surface area contributed by atoms with Crippen LogP contribution in [-0.4, -0.2) is 54.6 Å². The molecule has 0 saturated carbocycles. The van der Waals surface area contributed by atoms with E-state index < -0.39 is 0 Å². The van der Waals surface area contributed by atoms with Crippen molar-refractivity contribution in [2.75, 3.05) is 33.9 Å². The van der Waals surface area contributed by atoms with Gasteiger partial charge in [0.25, 0.3) is 0 Å². The summed E-state index contributed by atoms with van der Waals surface area (Å²) in [7, 11) is 3.68. The quantitative estimate of drug-likeness (QED) is 0.713. The Kier molecular flexibility index (Phi) is 8.31. The third-order valence-electron chi connectivity index (χ3n) is 5.29. The van der Waals surface area contributed by atoms with Gasteiger partial charge in [-0.25, -0.2) is 9.97 Å². The maximum Gasteiger partial charge on any atom is 0.162 e. The summed E-state index contributed by atoms with van der Waals surface area (Å²) in [5.74, 6) is 3.12. The van der Waals surface area contributed by atoms with Crippen LogP contribution in [-0.2, 0) is 11.3 Å². The van der Waals surface area contributed by atoms with Crippen molar-refractivity contribution in [3.05, 3.63) is 53.6 Å². The lowest BCUT2D eigenvalue weighted by molar-refractivity contribution is 0.183. The molecule has 1 aliphatic rings. The fraction of sp³-hybridized carbons (Fsp3) is 0.417. The molecule has 32 heavy (non-hydrogen) atoms. The van der Waals surface area contributed by atoms with Crippen molar-refractivity contribution in [2.24, 2.45) is 16.6 Å². The summed E-state index contributed by atoms with van der Waals surface area (Å²) >= 11 is 0. The zero-order chi connectivity index (χ0) is 22.9. The summed E-state index contributed by atoms with van der Waals surface area (Å²) < 4.78 is 11.6. The number of likely N-dealkylation sites (N-methyl/N-ethyl adjacent to an activating group) is 1. The van der Waals surface area contributed by atoms with Crippen molar-refractivity contribution in [1.29, 1.82) is 5.26 Å². The van der Waals surface area contributed by atoms with Crippen molar-refractivity contribution in [1.82, 2.24) is 14.9 Å². The van der Waals surface area contributed by atoms with Gasteiger partial charge in [0.2, 0.25) is 0 Å². The summed E-state index contributed by atoms with van der Waals surface area (Å²) in [5, 5.41) is 9.42. The minimum absolute atomic E-state index is 0.375. The van der Waals surface area contributed by atoms with E-state index in [9.17, 15) is 5.26 Å². The molecule has 168 valence electrons. The van der Waals surface area contributed by atoms with Gasteiger partial charge >= 0.3 is 0 Å². The number of aromatic nitrogens is 2. The highest BCUT2D eigenvalue weighted by Crippen LogP contribution is 2.32. The minimum Gasteiger partial charge on any atom is -0.461 e. The molecule has 1 aromatic heterocycles. The SMILES string of the molecule is COCCN(C)C1=NCCC(C)CC(Oc2cc(C#N)ccc2-c2ncc(CN)cn2)=C1. The highest BCUT2D eigenvalue weighted by atomic mass is 16.5. The van der Waals surface area contributed by atoms with Crippen LogP contribution in [0.5, 0.6) is 5.75 Å². The summed E-state index contributed by atoms with van der Waals surface area (Å²) in [4.78, 5) is 15.7. The van der Waals surface area contributed by atoms with E-state index in [0.717, 1.165) is 48.7 Å². The second kappa shape index (κ2) is 11.4. The number of ether oxygens (including phenoxy) is 2. The van der Waals surface area contributed by atoms with E-state index in [1.54, 1.807) is 31.6 Å². The molecule has 3 rings (SSSR count). The van der Waals surface area contributed by atoms with Crippen LogP contribution in [0.15, 0.2) is 47.4 Å². The number of nitrogens with zero attached hydrogens (tertiary/aromatic N) is 5. The van der Waals surface area contributed by atoms with Crippen LogP contribution < -0.4 is 10.5 Å². The van der Waals surface area contributed by atoms with Crippen LogP contribution in [0.1, 0.15) is 30.9 Å². The molecule has 2 N–H and O–H groups in total. The standard InChI is InChI=1S/C24H30N6O2/c1-17-6-7-27-23(30(2)8-9-31-3)12-20(10-17)32-22-11-18(13-25)4-5-21(22)24-28-15-19(14-26)16-29-24/h4-5,11-12,15-17H,6-10,14,26H2,1-3H3. The molecule has 0 fully saturated rings. The van der Waals surface area contributed by atoms with Gasteiger partial charge in [-0.1, -0.05) is 6.92 Å². The van der Waals surface area contributed by atoms with E-state index in [2.05, 4.69) is 27.9 Å². The maximum atomic E-state index is 9.42. The Balaban J connectivity index is 1.97. The van der Waals surface area contributed by atoms with E-state index in [4.69, 9.17) is 20.2 Å². The Labute approximate surface area is 189 Å². The van der Waals surface area contributed by atoms with E-state index in [1.807, 2.05) is 19.2 Å². The molecule has 1 atom stereocenters. The lowest BCUT2D eigenvalue weighted by Gasteiger charge is -2.24. The third kappa shape index (κ3) is 6.13. The van der Waals surface area contributed by atoms with Gasteiger partial charge in [0.05, 0.1) is 23.8 Å². The number of rotatable bonds is 7. The predicted molar refractivity (Wildman–Crippen MR) is 124 cm³/mol. The molecular weight excluding hydrogens is 404 g/mol. The second-order valence-electron chi connectivity index (χ2n) is 7.91. The number of benzene rings is 1. The Hall–Kier alpha value is -3.28. The molecule has 0 bridgehead atoms. The molecule has 0 aliphatic carbocycles. The molecule has 2 aromatic rings. The van der Waals surface area contributed by atoms with Crippen LogP contribution in [0.3, 0.4) is 0 Å². The molecule has 0 radical (unpaired) electrons. The number of amidine groups is 1. The van der Waals surface area contributed by atoms with Crippen molar-refractivity contribution in [2.45, 2.75) is 26.3 Å². The van der Waals surface area contributed by atoms with Crippen LogP contribution >= 0.6 is 0 Å². The largest absolute Gasteiger partial charge is 0.461 e. The molecule has 0 amide bonds. The van der Waals surface area contributed by atoms with Gasteiger partial charge in [-0.2, -0.15) is 5.26 Å². The first-order chi connectivity index (χ1) is 15.5. The normalized spacial score (nSPS) is 16.3. The average Bonchev–Trinajstić information content (AvgIpc) is 2.80. The molecule has 8 nitrogen and oxygen atoms in total. The van der Waals surface area contributed by atoms with Crippen molar-refractivity contribution in [3.63, 3.8) is 0 Å². The number of hydrogen-bond acceptors (Lipinski definition) is 8. The van der Waals surface area contributed by atoms with Crippen molar-refractivity contribution in [3.8, 4) is 23.2 Å². The van der Waals surface area contributed by atoms with Crippen LogP contribution in [0.2, 0.25) is 0 Å².